The summed E-state index contributed by atoms with van der Waals surface area (Å²) in [5.74, 6) is -0.651. The number of halogens is 1. The lowest BCUT2D eigenvalue weighted by Crippen LogP contribution is -2.15. The smallest absolute Gasteiger partial charge is 0.224 e. The summed E-state index contributed by atoms with van der Waals surface area (Å²) >= 11 is 0. The molecule has 0 aliphatic rings. The third-order valence-corrected chi connectivity index (χ3v) is 4.28. The van der Waals surface area contributed by atoms with Gasteiger partial charge in [-0.3, -0.25) is 4.79 Å². The van der Waals surface area contributed by atoms with Crippen molar-refractivity contribution in [1.82, 2.24) is 14.6 Å². The Morgan fingerprint density at radius 3 is 2.72 bits per heavy atom. The predicted octanol–water partition coefficient (Wildman–Crippen LogP) is 3.67. The highest BCUT2D eigenvalue weighted by Gasteiger charge is 2.13. The molecule has 3 rings (SSSR count). The number of hydrogen-bond acceptors (Lipinski definition) is 3. The first kappa shape index (κ1) is 17.1. The van der Waals surface area contributed by atoms with Crippen LogP contribution < -0.4 is 5.32 Å². The summed E-state index contributed by atoms with van der Waals surface area (Å²) in [6.45, 7) is 7.69. The fourth-order valence-electron chi connectivity index (χ4n) is 2.99. The van der Waals surface area contributed by atoms with Crippen LogP contribution in [0.4, 0.5) is 10.1 Å². The van der Waals surface area contributed by atoms with Gasteiger partial charge in [-0.2, -0.15) is 5.10 Å². The van der Waals surface area contributed by atoms with Gasteiger partial charge in [-0.15, -0.1) is 0 Å². The molecule has 1 amide bonds. The zero-order valence-corrected chi connectivity index (χ0v) is 14.9. The van der Waals surface area contributed by atoms with Crippen molar-refractivity contribution in [3.63, 3.8) is 0 Å². The van der Waals surface area contributed by atoms with Crippen LogP contribution >= 0.6 is 0 Å². The number of carbonyl (C=O) groups excluding carboxylic acids is 1. The summed E-state index contributed by atoms with van der Waals surface area (Å²) < 4.78 is 15.6. The summed E-state index contributed by atoms with van der Waals surface area (Å²) in [5, 5.41) is 7.08. The average molecular weight is 340 g/mol. The first-order valence-corrected chi connectivity index (χ1v) is 8.23. The highest BCUT2D eigenvalue weighted by Crippen LogP contribution is 2.19. The van der Waals surface area contributed by atoms with Crippen LogP contribution in [0.1, 0.15) is 34.6 Å². The highest BCUT2D eigenvalue weighted by atomic mass is 19.1. The molecule has 25 heavy (non-hydrogen) atoms. The van der Waals surface area contributed by atoms with E-state index in [-0.39, 0.29) is 18.0 Å². The van der Waals surface area contributed by atoms with Gasteiger partial charge in [-0.1, -0.05) is 6.07 Å². The van der Waals surface area contributed by atoms with E-state index in [0.717, 1.165) is 33.9 Å². The van der Waals surface area contributed by atoms with Gasteiger partial charge in [0.15, 0.2) is 5.65 Å². The van der Waals surface area contributed by atoms with Crippen molar-refractivity contribution in [2.45, 2.75) is 40.5 Å². The molecule has 5 nitrogen and oxygen atoms in total. The minimum absolute atomic E-state index is 0.217. The fraction of sp³-hybridized carbons (Fsp3) is 0.316. The highest BCUT2D eigenvalue weighted by molar-refractivity contribution is 5.91. The monoisotopic (exact) mass is 340 g/mol. The fourth-order valence-corrected chi connectivity index (χ4v) is 2.99. The second-order valence-electron chi connectivity index (χ2n) is 6.35. The summed E-state index contributed by atoms with van der Waals surface area (Å²) in [6.07, 6.45) is 0.779. The van der Waals surface area contributed by atoms with E-state index in [9.17, 15) is 9.18 Å². The van der Waals surface area contributed by atoms with Gasteiger partial charge in [0.05, 0.1) is 11.4 Å². The van der Waals surface area contributed by atoms with E-state index in [0.29, 0.717) is 6.42 Å². The van der Waals surface area contributed by atoms with Crippen molar-refractivity contribution in [2.75, 3.05) is 5.32 Å². The number of rotatable bonds is 4. The molecule has 0 aliphatic heterocycles. The van der Waals surface area contributed by atoms with Crippen LogP contribution in [0.2, 0.25) is 0 Å². The maximum Gasteiger partial charge on any atom is 0.224 e. The number of hydrogen-bond donors (Lipinski definition) is 1. The van der Waals surface area contributed by atoms with Crippen molar-refractivity contribution >= 4 is 17.2 Å². The molecule has 130 valence electrons. The van der Waals surface area contributed by atoms with Crippen LogP contribution in [0.3, 0.4) is 0 Å². The topological polar surface area (TPSA) is 59.3 Å². The van der Waals surface area contributed by atoms with Gasteiger partial charge in [0, 0.05) is 23.9 Å². The van der Waals surface area contributed by atoms with Crippen molar-refractivity contribution in [3.8, 4) is 0 Å². The lowest BCUT2D eigenvalue weighted by Gasteiger charge is -2.11. The molecule has 0 radical (unpaired) electrons. The molecule has 0 spiro atoms. The summed E-state index contributed by atoms with van der Waals surface area (Å²) in [7, 11) is 0. The van der Waals surface area contributed by atoms with Crippen molar-refractivity contribution in [1.29, 1.82) is 0 Å². The number of nitrogens with zero attached hydrogens (tertiary/aromatic N) is 3. The van der Waals surface area contributed by atoms with E-state index in [2.05, 4.69) is 15.4 Å². The van der Waals surface area contributed by atoms with Gasteiger partial charge in [0.2, 0.25) is 5.91 Å². The minimum atomic E-state index is -0.429. The van der Waals surface area contributed by atoms with E-state index >= 15 is 0 Å². The third-order valence-electron chi connectivity index (χ3n) is 4.28. The molecule has 6 heteroatoms. The number of fused-ring (bicyclic) bond motifs is 1. The molecule has 0 unspecified atom stereocenters. The molecule has 2 aromatic heterocycles. The molecule has 1 aromatic carbocycles. The molecule has 0 saturated carbocycles. The van der Waals surface area contributed by atoms with Crippen LogP contribution in [0.15, 0.2) is 24.3 Å². The standard InChI is InChI=1S/C19H21FN4O/c1-11-5-7-16(20)17(9-11)22-19(25)8-6-15-13(3)21-18-10-12(2)23-24(18)14(15)4/h5,7,9-10H,6,8H2,1-4H3,(H,22,25). The number of benzene rings is 1. The molecule has 0 saturated heterocycles. The molecular weight excluding hydrogens is 319 g/mol. The lowest BCUT2D eigenvalue weighted by atomic mass is 10.1. The molecule has 0 bridgehead atoms. The van der Waals surface area contributed by atoms with E-state index in [1.807, 2.05) is 33.8 Å². The zero-order chi connectivity index (χ0) is 18.1. The number of carbonyl (C=O) groups is 1. The summed E-state index contributed by atoms with van der Waals surface area (Å²) in [4.78, 5) is 16.8. The Bertz CT molecular complexity index is 962. The number of amides is 1. The molecular formula is C19H21FN4O. The predicted molar refractivity (Wildman–Crippen MR) is 95.3 cm³/mol. The minimum Gasteiger partial charge on any atom is -0.324 e. The zero-order valence-electron chi connectivity index (χ0n) is 14.9. The van der Waals surface area contributed by atoms with Crippen LogP contribution in [-0.2, 0) is 11.2 Å². The Labute approximate surface area is 145 Å². The van der Waals surface area contributed by atoms with Gasteiger partial charge in [0.1, 0.15) is 5.82 Å². The Morgan fingerprint density at radius 1 is 1.20 bits per heavy atom. The van der Waals surface area contributed by atoms with E-state index in [1.165, 1.54) is 6.07 Å². The lowest BCUT2D eigenvalue weighted by molar-refractivity contribution is -0.116. The molecule has 1 N–H and O–H groups in total. The SMILES string of the molecule is Cc1ccc(F)c(NC(=O)CCc2c(C)nc3cc(C)nn3c2C)c1. The normalized spacial score (nSPS) is 11.1. The van der Waals surface area contributed by atoms with Gasteiger partial charge in [-0.25, -0.2) is 13.9 Å². The molecule has 0 atom stereocenters. The van der Waals surface area contributed by atoms with E-state index in [4.69, 9.17) is 0 Å². The van der Waals surface area contributed by atoms with Crippen LogP contribution in [-0.4, -0.2) is 20.5 Å². The van der Waals surface area contributed by atoms with Gasteiger partial charge in [-0.05, 0) is 57.4 Å². The molecule has 0 aliphatic carbocycles. The van der Waals surface area contributed by atoms with Crippen molar-refractivity contribution in [2.24, 2.45) is 0 Å². The van der Waals surface area contributed by atoms with Crippen LogP contribution in [0.25, 0.3) is 5.65 Å². The van der Waals surface area contributed by atoms with Gasteiger partial charge in [0.25, 0.3) is 0 Å². The van der Waals surface area contributed by atoms with E-state index < -0.39 is 5.82 Å². The number of aromatic nitrogens is 3. The number of aryl methyl sites for hydroxylation is 4. The number of anilines is 1. The Balaban J connectivity index is 1.76. The van der Waals surface area contributed by atoms with Crippen molar-refractivity contribution in [3.05, 3.63) is 58.3 Å². The van der Waals surface area contributed by atoms with Crippen LogP contribution in [0.5, 0.6) is 0 Å². The Kier molecular flexibility index (Phi) is 4.53. The Morgan fingerprint density at radius 2 is 1.96 bits per heavy atom. The first-order valence-electron chi connectivity index (χ1n) is 8.23. The second-order valence-corrected chi connectivity index (χ2v) is 6.35. The average Bonchev–Trinajstić information content (AvgIpc) is 2.91. The maximum atomic E-state index is 13.8. The first-order chi connectivity index (χ1) is 11.8. The molecule has 3 aromatic rings. The quantitative estimate of drug-likeness (QED) is 0.788. The largest absolute Gasteiger partial charge is 0.324 e. The Hall–Kier alpha value is -2.76. The van der Waals surface area contributed by atoms with Crippen molar-refractivity contribution < 1.29 is 9.18 Å². The third kappa shape index (κ3) is 3.52. The van der Waals surface area contributed by atoms with Crippen LogP contribution in [0, 0.1) is 33.5 Å². The summed E-state index contributed by atoms with van der Waals surface area (Å²) in [6, 6.07) is 6.59. The van der Waals surface area contributed by atoms with Gasteiger partial charge >= 0.3 is 0 Å². The summed E-state index contributed by atoms with van der Waals surface area (Å²) in [5.41, 5.74) is 5.68. The van der Waals surface area contributed by atoms with E-state index in [1.54, 1.807) is 16.6 Å². The maximum absolute atomic E-state index is 13.8. The number of nitrogens with one attached hydrogen (secondary N) is 1. The molecule has 2 heterocycles. The second kappa shape index (κ2) is 6.63. The van der Waals surface area contributed by atoms with Gasteiger partial charge < -0.3 is 5.32 Å². The molecule has 0 fully saturated rings.